The van der Waals surface area contributed by atoms with Gasteiger partial charge in [0.2, 0.25) is 17.3 Å². The van der Waals surface area contributed by atoms with Gasteiger partial charge in [0.05, 0.1) is 16.6 Å². The molecule has 0 saturated heterocycles. The second-order valence-corrected chi connectivity index (χ2v) is 6.87. The van der Waals surface area contributed by atoms with Gasteiger partial charge in [0.15, 0.2) is 5.75 Å². The van der Waals surface area contributed by atoms with Crippen LogP contribution in [0.5, 0.6) is 5.75 Å². The topological polar surface area (TPSA) is 124 Å². The smallest absolute Gasteiger partial charge is 0.372 e. The van der Waals surface area contributed by atoms with Crippen molar-refractivity contribution >= 4 is 28.7 Å². The van der Waals surface area contributed by atoms with E-state index < -0.39 is 29.0 Å². The second kappa shape index (κ2) is 8.33. The summed E-state index contributed by atoms with van der Waals surface area (Å²) in [4.78, 5) is 28.0. The van der Waals surface area contributed by atoms with Crippen LogP contribution in [-0.2, 0) is 0 Å². The molecule has 4 aromatic rings. The number of carbonyl (C=O) groups excluding carboxylic acids is 1. The summed E-state index contributed by atoms with van der Waals surface area (Å²) in [6.45, 7) is 0.0361. The highest BCUT2D eigenvalue weighted by molar-refractivity contribution is 6.18. The molecule has 156 valence electrons. The van der Waals surface area contributed by atoms with Crippen molar-refractivity contribution in [2.45, 2.75) is 6.42 Å². The Bertz CT molecular complexity index is 1300. The summed E-state index contributed by atoms with van der Waals surface area (Å²) in [5.41, 5.74) is 2.16. The van der Waals surface area contributed by atoms with E-state index in [9.17, 15) is 19.8 Å². The summed E-state index contributed by atoms with van der Waals surface area (Å²) in [7, 11) is 0. The number of hydrogen-bond donors (Lipinski definition) is 4. The number of rotatable bonds is 7. The maximum Gasteiger partial charge on any atom is 0.372 e. The van der Waals surface area contributed by atoms with Gasteiger partial charge in [-0.25, -0.2) is 4.79 Å². The number of nitrogens with one attached hydrogen (secondary N) is 1. The molecule has 0 saturated carbocycles. The zero-order valence-electron chi connectivity index (χ0n) is 16.3. The summed E-state index contributed by atoms with van der Waals surface area (Å²) in [5, 5.41) is 29.8. The Kier molecular flexibility index (Phi) is 5.43. The first kappa shape index (κ1) is 20.2. The van der Waals surface area contributed by atoms with Crippen LogP contribution in [0.15, 0.2) is 65.2 Å². The number of para-hydroxylation sites is 1. The van der Waals surface area contributed by atoms with E-state index in [2.05, 4.69) is 4.98 Å². The summed E-state index contributed by atoms with van der Waals surface area (Å²) < 4.78 is 5.35. The van der Waals surface area contributed by atoms with E-state index in [1.165, 1.54) is 6.20 Å². The molecule has 4 rings (SSSR count). The van der Waals surface area contributed by atoms with E-state index in [0.29, 0.717) is 22.9 Å². The number of H-pyrrole nitrogens is 1. The van der Waals surface area contributed by atoms with Crippen LogP contribution < -0.4 is 0 Å². The molecular weight excluding hydrogens is 398 g/mol. The highest BCUT2D eigenvalue weighted by Gasteiger charge is 2.30. The van der Waals surface area contributed by atoms with Crippen LogP contribution in [0.3, 0.4) is 0 Å². The van der Waals surface area contributed by atoms with E-state index in [1.807, 2.05) is 18.2 Å². The fourth-order valence-corrected chi connectivity index (χ4v) is 3.51. The van der Waals surface area contributed by atoms with Gasteiger partial charge in [-0.3, -0.25) is 4.79 Å². The lowest BCUT2D eigenvalue weighted by molar-refractivity contribution is 0.0661. The first-order chi connectivity index (χ1) is 15.0. The number of ketones is 1. The molecule has 2 aromatic heterocycles. The van der Waals surface area contributed by atoms with Crippen LogP contribution in [0.4, 0.5) is 0 Å². The van der Waals surface area contributed by atoms with E-state index in [1.54, 1.807) is 42.5 Å². The highest BCUT2D eigenvalue weighted by atomic mass is 16.4. The number of benzene rings is 2. The van der Waals surface area contributed by atoms with E-state index in [0.717, 1.165) is 5.56 Å². The lowest BCUT2D eigenvalue weighted by atomic mass is 10.0. The third-order valence-electron chi connectivity index (χ3n) is 4.93. The molecule has 0 amide bonds. The standard InChI is InChI=1S/C24H19NO6/c26-12-5-4-9-15-10-6-11-16-17(13-25-19(15)16)20(27)23-21(28)18(22(31-23)24(29)30)14-7-2-1-3-8-14/h1-4,6-11,13,25-26,28H,5,12H2,(H,29,30). The minimum Gasteiger partial charge on any atom is -0.504 e. The fraction of sp³-hybridized carbons (Fsp3) is 0.0833. The Labute approximate surface area is 176 Å². The van der Waals surface area contributed by atoms with Crippen LogP contribution in [0.25, 0.3) is 28.1 Å². The lowest BCUT2D eigenvalue weighted by Gasteiger charge is -2.01. The maximum absolute atomic E-state index is 13.2. The van der Waals surface area contributed by atoms with Crippen LogP contribution in [-0.4, -0.2) is 38.7 Å². The number of aromatic nitrogens is 1. The molecule has 0 atom stereocenters. The Balaban J connectivity index is 1.82. The van der Waals surface area contributed by atoms with Crippen molar-refractivity contribution < 1.29 is 29.3 Å². The predicted molar refractivity (Wildman–Crippen MR) is 115 cm³/mol. The molecule has 0 aliphatic heterocycles. The second-order valence-electron chi connectivity index (χ2n) is 6.87. The largest absolute Gasteiger partial charge is 0.504 e. The number of furan rings is 1. The molecule has 0 radical (unpaired) electrons. The van der Waals surface area contributed by atoms with Gasteiger partial charge >= 0.3 is 5.97 Å². The number of fused-ring (bicyclic) bond motifs is 1. The van der Waals surface area contributed by atoms with Crippen molar-refractivity contribution in [2.24, 2.45) is 0 Å². The first-order valence-corrected chi connectivity index (χ1v) is 9.59. The van der Waals surface area contributed by atoms with Crippen molar-refractivity contribution in [1.82, 2.24) is 4.98 Å². The zero-order valence-corrected chi connectivity index (χ0v) is 16.3. The van der Waals surface area contributed by atoms with Gasteiger partial charge in [-0.2, -0.15) is 0 Å². The molecule has 0 spiro atoms. The Hall–Kier alpha value is -4.10. The van der Waals surface area contributed by atoms with Gasteiger partial charge in [-0.15, -0.1) is 0 Å². The Morgan fingerprint density at radius 3 is 2.52 bits per heavy atom. The molecule has 0 fully saturated rings. The lowest BCUT2D eigenvalue weighted by Crippen LogP contribution is -1.99. The van der Waals surface area contributed by atoms with Gasteiger partial charge in [-0.05, 0) is 17.5 Å². The molecule has 0 aliphatic carbocycles. The molecule has 4 N–H and O–H groups in total. The first-order valence-electron chi connectivity index (χ1n) is 9.59. The third kappa shape index (κ3) is 3.62. The SMILES string of the molecule is O=C(O)c1oc(C(=O)c2c[nH]c3c(C=CCCO)cccc23)c(O)c1-c1ccccc1. The van der Waals surface area contributed by atoms with E-state index in [-0.39, 0.29) is 17.7 Å². The number of aromatic carboxylic acids is 1. The summed E-state index contributed by atoms with van der Waals surface area (Å²) in [6.07, 6.45) is 5.66. The van der Waals surface area contributed by atoms with Crippen molar-refractivity contribution in [1.29, 1.82) is 0 Å². The van der Waals surface area contributed by atoms with Crippen molar-refractivity contribution in [3.63, 3.8) is 0 Å². The van der Waals surface area contributed by atoms with Crippen LogP contribution in [0.1, 0.15) is 38.7 Å². The third-order valence-corrected chi connectivity index (χ3v) is 4.93. The fourth-order valence-electron chi connectivity index (χ4n) is 3.51. The van der Waals surface area contributed by atoms with Crippen molar-refractivity contribution in [2.75, 3.05) is 6.61 Å². The number of aliphatic hydroxyl groups excluding tert-OH is 1. The summed E-state index contributed by atoms with van der Waals surface area (Å²) in [5.74, 6) is -3.46. The summed E-state index contributed by atoms with van der Waals surface area (Å²) in [6, 6.07) is 13.8. The number of carboxylic acid groups (broad SMARTS) is 1. The molecule has 7 heteroatoms. The van der Waals surface area contributed by atoms with Gasteiger partial charge in [0.25, 0.3) is 0 Å². The quantitative estimate of drug-likeness (QED) is 0.329. The zero-order chi connectivity index (χ0) is 22.0. The van der Waals surface area contributed by atoms with Gasteiger partial charge in [0, 0.05) is 18.2 Å². The van der Waals surface area contributed by atoms with Gasteiger partial charge in [-0.1, -0.05) is 60.7 Å². The highest BCUT2D eigenvalue weighted by Crippen LogP contribution is 2.40. The number of carbonyl (C=O) groups is 2. The van der Waals surface area contributed by atoms with Crippen LogP contribution >= 0.6 is 0 Å². The number of aromatic amines is 1. The number of carboxylic acids is 1. The minimum atomic E-state index is -1.39. The summed E-state index contributed by atoms with van der Waals surface area (Å²) >= 11 is 0. The van der Waals surface area contributed by atoms with Crippen molar-refractivity contribution in [3.05, 3.63) is 83.5 Å². The Morgan fingerprint density at radius 1 is 1.03 bits per heavy atom. The average molecular weight is 417 g/mol. The molecular formula is C24H19NO6. The average Bonchev–Trinajstić information content (AvgIpc) is 3.36. The minimum absolute atomic E-state index is 0.0361. The predicted octanol–water partition coefficient (Wildman–Crippen LogP) is 4.46. The maximum atomic E-state index is 13.2. The van der Waals surface area contributed by atoms with E-state index in [4.69, 9.17) is 9.52 Å². The Morgan fingerprint density at radius 2 is 1.81 bits per heavy atom. The van der Waals surface area contributed by atoms with E-state index >= 15 is 0 Å². The molecule has 0 unspecified atom stereocenters. The monoisotopic (exact) mass is 417 g/mol. The molecule has 2 aromatic carbocycles. The number of hydrogen-bond acceptors (Lipinski definition) is 5. The van der Waals surface area contributed by atoms with Crippen LogP contribution in [0, 0.1) is 0 Å². The normalized spacial score (nSPS) is 11.4. The molecule has 0 aliphatic rings. The van der Waals surface area contributed by atoms with Gasteiger partial charge in [0.1, 0.15) is 0 Å². The van der Waals surface area contributed by atoms with Gasteiger partial charge < -0.3 is 24.7 Å². The molecule has 7 nitrogen and oxygen atoms in total. The van der Waals surface area contributed by atoms with Crippen molar-refractivity contribution in [3.8, 4) is 16.9 Å². The molecule has 0 bridgehead atoms. The number of aromatic hydroxyl groups is 1. The molecule has 2 heterocycles. The van der Waals surface area contributed by atoms with Crippen LogP contribution in [0.2, 0.25) is 0 Å². The number of aliphatic hydroxyl groups is 1. The molecule has 31 heavy (non-hydrogen) atoms.